The van der Waals surface area contributed by atoms with Crippen molar-refractivity contribution in [1.29, 1.82) is 5.26 Å². The molecule has 0 unspecified atom stereocenters. The van der Waals surface area contributed by atoms with E-state index in [-0.39, 0.29) is 5.91 Å². The summed E-state index contributed by atoms with van der Waals surface area (Å²) in [5, 5.41) is 14.4. The van der Waals surface area contributed by atoms with Crippen molar-refractivity contribution < 1.29 is 9.53 Å². The second kappa shape index (κ2) is 8.35. The van der Waals surface area contributed by atoms with Crippen LogP contribution in [0.3, 0.4) is 0 Å². The predicted octanol–water partition coefficient (Wildman–Crippen LogP) is 4.76. The molecule has 1 atom stereocenters. The summed E-state index contributed by atoms with van der Waals surface area (Å²) in [7, 11) is 3.58. The SMILES string of the molecule is COc1cc2c(cc1-c1ccn(C)n1)-c1c(-c3cncs3)cc(C(=O)N3CCC[C@]3(C)C#N)n1CC2. The van der Waals surface area contributed by atoms with Crippen LogP contribution >= 0.6 is 11.3 Å². The number of rotatable bonds is 4. The van der Waals surface area contributed by atoms with Crippen molar-refractivity contribution in [1.82, 2.24) is 24.2 Å². The minimum Gasteiger partial charge on any atom is -0.496 e. The summed E-state index contributed by atoms with van der Waals surface area (Å²) in [6, 6.07) is 10.6. The molecule has 36 heavy (non-hydrogen) atoms. The molecule has 1 amide bonds. The van der Waals surface area contributed by atoms with Crippen LogP contribution in [-0.2, 0) is 20.0 Å². The van der Waals surface area contributed by atoms with E-state index in [4.69, 9.17) is 4.74 Å². The molecule has 0 spiro atoms. The van der Waals surface area contributed by atoms with Gasteiger partial charge in [0.15, 0.2) is 0 Å². The van der Waals surface area contributed by atoms with Gasteiger partial charge in [0.2, 0.25) is 0 Å². The lowest BCUT2D eigenvalue weighted by atomic mass is 9.92. The van der Waals surface area contributed by atoms with Gasteiger partial charge in [-0.15, -0.1) is 11.3 Å². The molecule has 0 N–H and O–H groups in total. The standard InChI is InChI=1S/C27H26N6O2S/c1-27(15-28)7-4-8-33(27)26(34)22-13-20(24-14-29-16-36-24)25-18-12-19(21-6-9-31(2)30-21)23(35-3)11-17(18)5-10-32(22)25/h6,9,11-14,16H,4-5,7-8,10H2,1-3H3/t27-/m1/s1. The quantitative estimate of drug-likeness (QED) is 0.405. The first-order valence-corrected chi connectivity index (χ1v) is 12.9. The number of aromatic nitrogens is 4. The number of methoxy groups -OCH3 is 1. The van der Waals surface area contributed by atoms with Crippen molar-refractivity contribution in [2.24, 2.45) is 7.05 Å². The highest BCUT2D eigenvalue weighted by Crippen LogP contribution is 2.45. The smallest absolute Gasteiger partial charge is 0.271 e. The molecule has 3 aromatic heterocycles. The highest BCUT2D eigenvalue weighted by Gasteiger charge is 2.42. The van der Waals surface area contributed by atoms with E-state index in [1.165, 1.54) is 5.56 Å². The number of aryl methyl sites for hydroxylation is 2. The fourth-order valence-corrected chi connectivity index (χ4v) is 6.18. The van der Waals surface area contributed by atoms with E-state index in [0.29, 0.717) is 25.2 Å². The Labute approximate surface area is 213 Å². The molecule has 4 aromatic rings. The number of ether oxygens (including phenoxy) is 1. The maximum Gasteiger partial charge on any atom is 0.271 e. The average molecular weight is 499 g/mol. The lowest BCUT2D eigenvalue weighted by molar-refractivity contribution is 0.0682. The third-order valence-corrected chi connectivity index (χ3v) is 8.22. The monoisotopic (exact) mass is 498 g/mol. The predicted molar refractivity (Wildman–Crippen MR) is 138 cm³/mol. The van der Waals surface area contributed by atoms with Crippen LogP contribution in [0.2, 0.25) is 0 Å². The van der Waals surface area contributed by atoms with E-state index in [0.717, 1.165) is 51.5 Å². The number of carbonyl (C=O) groups excluding carboxylic acids is 1. The summed E-state index contributed by atoms with van der Waals surface area (Å²) in [5.74, 6) is 0.695. The molecule has 1 aromatic carbocycles. The first-order chi connectivity index (χ1) is 17.4. The number of carbonyl (C=O) groups is 1. The molecule has 1 fully saturated rings. The lowest BCUT2D eigenvalue weighted by Crippen LogP contribution is -2.44. The normalized spacial score (nSPS) is 18.6. The van der Waals surface area contributed by atoms with Crippen LogP contribution < -0.4 is 4.74 Å². The van der Waals surface area contributed by atoms with Crippen LogP contribution in [0, 0.1) is 11.3 Å². The van der Waals surface area contributed by atoms with E-state index in [2.05, 4.69) is 32.9 Å². The minimum atomic E-state index is -0.779. The molecule has 8 nitrogen and oxygen atoms in total. The van der Waals surface area contributed by atoms with E-state index in [1.807, 2.05) is 44.0 Å². The van der Waals surface area contributed by atoms with Crippen LogP contribution in [-0.4, -0.2) is 49.3 Å². The summed E-state index contributed by atoms with van der Waals surface area (Å²) in [6.45, 7) is 3.13. The Morgan fingerprint density at radius 1 is 1.22 bits per heavy atom. The number of fused-ring (bicyclic) bond motifs is 3. The zero-order valence-electron chi connectivity index (χ0n) is 20.5. The topological polar surface area (TPSA) is 89.0 Å². The average Bonchev–Trinajstić information content (AvgIpc) is 3.68. The first kappa shape index (κ1) is 22.6. The molecular formula is C27H26N6O2S. The minimum absolute atomic E-state index is 0.0875. The summed E-state index contributed by atoms with van der Waals surface area (Å²) >= 11 is 1.55. The Hall–Kier alpha value is -3.90. The van der Waals surface area contributed by atoms with Gasteiger partial charge in [-0.25, -0.2) is 0 Å². The van der Waals surface area contributed by atoms with Crippen LogP contribution in [0.4, 0.5) is 0 Å². The van der Waals surface area contributed by atoms with E-state index in [9.17, 15) is 10.1 Å². The van der Waals surface area contributed by atoms with Gasteiger partial charge in [-0.05, 0) is 56.0 Å². The summed E-state index contributed by atoms with van der Waals surface area (Å²) in [6.07, 6.45) is 6.07. The van der Waals surface area contributed by atoms with Crippen molar-refractivity contribution >= 4 is 17.2 Å². The van der Waals surface area contributed by atoms with Crippen molar-refractivity contribution in [3.8, 4) is 44.8 Å². The summed E-state index contributed by atoms with van der Waals surface area (Å²) < 4.78 is 9.66. The van der Waals surface area contributed by atoms with Crippen LogP contribution in [0.25, 0.3) is 33.0 Å². The zero-order valence-corrected chi connectivity index (χ0v) is 21.3. The highest BCUT2D eigenvalue weighted by atomic mass is 32.1. The van der Waals surface area contributed by atoms with Crippen molar-refractivity contribution in [2.75, 3.05) is 13.7 Å². The fraction of sp³-hybridized carbons (Fsp3) is 0.333. The molecule has 0 bridgehead atoms. The number of nitriles is 1. The Morgan fingerprint density at radius 3 is 2.78 bits per heavy atom. The number of hydrogen-bond acceptors (Lipinski definition) is 6. The van der Waals surface area contributed by atoms with Crippen molar-refractivity contribution in [2.45, 2.75) is 38.3 Å². The van der Waals surface area contributed by atoms with Crippen LogP contribution in [0.5, 0.6) is 5.75 Å². The van der Waals surface area contributed by atoms with E-state index >= 15 is 0 Å². The van der Waals surface area contributed by atoms with Crippen molar-refractivity contribution in [3.05, 3.63) is 53.4 Å². The molecule has 9 heteroatoms. The fourth-order valence-electron chi connectivity index (χ4n) is 5.54. The molecular weight excluding hydrogens is 472 g/mol. The Morgan fingerprint density at radius 2 is 2.08 bits per heavy atom. The van der Waals surface area contributed by atoms with Gasteiger partial charge >= 0.3 is 0 Å². The Bertz CT molecular complexity index is 1530. The number of nitrogens with zero attached hydrogens (tertiary/aromatic N) is 6. The van der Waals surface area contributed by atoms with Gasteiger partial charge in [-0.2, -0.15) is 10.4 Å². The molecule has 0 aliphatic carbocycles. The van der Waals surface area contributed by atoms with Gasteiger partial charge in [0.25, 0.3) is 5.91 Å². The third kappa shape index (κ3) is 3.36. The molecule has 5 heterocycles. The molecule has 0 radical (unpaired) electrons. The van der Waals surface area contributed by atoms with Gasteiger partial charge in [-0.1, -0.05) is 0 Å². The highest BCUT2D eigenvalue weighted by molar-refractivity contribution is 7.13. The van der Waals surface area contributed by atoms with Gasteiger partial charge in [0, 0.05) is 49.2 Å². The van der Waals surface area contributed by atoms with E-state index in [1.54, 1.807) is 28.0 Å². The molecule has 2 aliphatic heterocycles. The summed E-state index contributed by atoms with van der Waals surface area (Å²) in [4.78, 5) is 20.9. The van der Waals surface area contributed by atoms with Gasteiger partial charge in [0.05, 0.1) is 35.0 Å². The molecule has 2 aliphatic rings. The number of likely N-dealkylation sites (tertiary alicyclic amines) is 1. The van der Waals surface area contributed by atoms with Crippen LogP contribution in [0.1, 0.15) is 35.8 Å². The maximum absolute atomic E-state index is 13.9. The number of thiazole rings is 1. The largest absolute Gasteiger partial charge is 0.496 e. The lowest BCUT2D eigenvalue weighted by Gasteiger charge is -2.30. The van der Waals surface area contributed by atoms with Crippen LogP contribution in [0.15, 0.2) is 42.2 Å². The number of amides is 1. The summed E-state index contributed by atoms with van der Waals surface area (Å²) in [5.41, 5.74) is 7.61. The molecule has 1 saturated heterocycles. The number of benzene rings is 1. The Balaban J connectivity index is 1.56. The van der Waals surface area contributed by atoms with Gasteiger partial charge in [0.1, 0.15) is 17.0 Å². The second-order valence-corrected chi connectivity index (χ2v) is 10.5. The van der Waals surface area contributed by atoms with Gasteiger partial charge in [-0.3, -0.25) is 14.5 Å². The van der Waals surface area contributed by atoms with Crippen molar-refractivity contribution in [3.63, 3.8) is 0 Å². The number of hydrogen-bond donors (Lipinski definition) is 0. The molecule has 0 saturated carbocycles. The Kier molecular flexibility index (Phi) is 5.23. The van der Waals surface area contributed by atoms with Gasteiger partial charge < -0.3 is 14.2 Å². The maximum atomic E-state index is 13.9. The third-order valence-electron chi connectivity index (χ3n) is 7.42. The molecule has 6 rings (SSSR count). The van der Waals surface area contributed by atoms with E-state index < -0.39 is 5.54 Å². The second-order valence-electron chi connectivity index (χ2n) is 9.59. The molecule has 182 valence electrons. The first-order valence-electron chi connectivity index (χ1n) is 12.0. The zero-order chi connectivity index (χ0) is 25.0.